The summed E-state index contributed by atoms with van der Waals surface area (Å²) in [6.45, 7) is 13.2. The molecule has 9 nitrogen and oxygen atoms in total. The van der Waals surface area contributed by atoms with Crippen LogP contribution in [0.3, 0.4) is 0 Å². The van der Waals surface area contributed by atoms with E-state index in [4.69, 9.17) is 4.98 Å². The highest BCUT2D eigenvalue weighted by Crippen LogP contribution is 2.26. The first kappa shape index (κ1) is 22.7. The summed E-state index contributed by atoms with van der Waals surface area (Å²) >= 11 is 0. The number of aliphatic hydroxyl groups is 1. The summed E-state index contributed by atoms with van der Waals surface area (Å²) in [6.07, 6.45) is 5.46. The van der Waals surface area contributed by atoms with Crippen molar-refractivity contribution in [2.24, 2.45) is 5.92 Å². The summed E-state index contributed by atoms with van der Waals surface area (Å²) in [7, 11) is 0. The van der Waals surface area contributed by atoms with E-state index >= 15 is 0 Å². The smallest absolute Gasteiger partial charge is 0.255 e. The van der Waals surface area contributed by atoms with Crippen molar-refractivity contribution in [1.29, 1.82) is 0 Å². The van der Waals surface area contributed by atoms with Gasteiger partial charge in [0.2, 0.25) is 5.91 Å². The molecule has 2 aromatic heterocycles. The highest BCUT2D eigenvalue weighted by molar-refractivity contribution is 6.04. The van der Waals surface area contributed by atoms with Gasteiger partial charge in [-0.3, -0.25) is 9.59 Å². The molecule has 3 rings (SSSR count). The number of hydrogen-bond acceptors (Lipinski definition) is 6. The molecule has 1 aliphatic rings. The van der Waals surface area contributed by atoms with Crippen LogP contribution < -0.4 is 10.2 Å². The third-order valence-corrected chi connectivity index (χ3v) is 6.12. The van der Waals surface area contributed by atoms with E-state index in [-0.39, 0.29) is 30.4 Å². The molecule has 9 heteroatoms. The molecule has 1 aliphatic heterocycles. The summed E-state index contributed by atoms with van der Waals surface area (Å²) < 4.78 is 0. The quantitative estimate of drug-likeness (QED) is 0.579. The van der Waals surface area contributed by atoms with Gasteiger partial charge in [0.1, 0.15) is 11.3 Å². The molecule has 0 spiro atoms. The van der Waals surface area contributed by atoms with Gasteiger partial charge < -0.3 is 25.2 Å². The number of amides is 2. The molecule has 0 saturated carbocycles. The minimum atomic E-state index is -0.400. The first-order valence-electron chi connectivity index (χ1n) is 10.7. The molecule has 3 heterocycles. The molecular weight excluding hydrogens is 396 g/mol. The van der Waals surface area contributed by atoms with Crippen LogP contribution in [0.4, 0.5) is 5.82 Å². The van der Waals surface area contributed by atoms with Crippen LogP contribution >= 0.6 is 0 Å². The summed E-state index contributed by atoms with van der Waals surface area (Å²) in [5, 5.41) is 12.5. The fourth-order valence-corrected chi connectivity index (χ4v) is 3.98. The number of rotatable bonds is 7. The Hall–Kier alpha value is -2.94. The number of aromatic amines is 1. The Bertz CT molecular complexity index is 969. The molecule has 0 aromatic carbocycles. The third-order valence-electron chi connectivity index (χ3n) is 6.12. The van der Waals surface area contributed by atoms with Gasteiger partial charge in [-0.2, -0.15) is 0 Å². The third kappa shape index (κ3) is 4.56. The lowest BCUT2D eigenvalue weighted by atomic mass is 9.98. The van der Waals surface area contributed by atoms with Crippen molar-refractivity contribution in [2.75, 3.05) is 31.1 Å². The number of H-pyrrole nitrogens is 1. The zero-order valence-corrected chi connectivity index (χ0v) is 18.7. The van der Waals surface area contributed by atoms with Gasteiger partial charge in [-0.15, -0.1) is 0 Å². The van der Waals surface area contributed by atoms with Gasteiger partial charge in [-0.1, -0.05) is 26.8 Å². The maximum Gasteiger partial charge on any atom is 0.255 e. The predicted octanol–water partition coefficient (Wildman–Crippen LogP) is 1.71. The van der Waals surface area contributed by atoms with Crippen LogP contribution in [-0.2, 0) is 4.79 Å². The predicted molar refractivity (Wildman–Crippen MR) is 120 cm³/mol. The monoisotopic (exact) mass is 428 g/mol. The van der Waals surface area contributed by atoms with Gasteiger partial charge in [0, 0.05) is 25.8 Å². The van der Waals surface area contributed by atoms with E-state index in [0.717, 1.165) is 6.42 Å². The van der Waals surface area contributed by atoms with Crippen LogP contribution in [0.1, 0.15) is 44.5 Å². The molecule has 0 radical (unpaired) electrons. The molecule has 0 aliphatic carbocycles. The van der Waals surface area contributed by atoms with Crippen molar-refractivity contribution in [3.63, 3.8) is 0 Å². The molecule has 1 fully saturated rings. The summed E-state index contributed by atoms with van der Waals surface area (Å²) in [4.78, 5) is 41.1. The van der Waals surface area contributed by atoms with E-state index in [1.807, 2.05) is 32.6 Å². The number of aliphatic hydroxyl groups excluding tert-OH is 1. The molecule has 0 bridgehead atoms. The van der Waals surface area contributed by atoms with Crippen LogP contribution in [0.2, 0.25) is 0 Å². The molecule has 3 N–H and O–H groups in total. The molecule has 2 amide bonds. The van der Waals surface area contributed by atoms with E-state index in [1.54, 1.807) is 12.4 Å². The van der Waals surface area contributed by atoms with Gasteiger partial charge in [0.05, 0.1) is 29.9 Å². The lowest BCUT2D eigenvalue weighted by Crippen LogP contribution is -2.61. The topological polar surface area (TPSA) is 114 Å². The van der Waals surface area contributed by atoms with E-state index in [1.165, 1.54) is 6.08 Å². The number of fused-ring (bicyclic) bond motifs is 1. The van der Waals surface area contributed by atoms with Crippen LogP contribution in [-0.4, -0.2) is 74.6 Å². The SMILES string of the molecule is C=CC(=O)N1CCN(c2cnc3[nH]cc(C(=O)N[C@H](CO)[C@@H](C)CC)c3n2)CC1(C)C. The number of aromatic nitrogens is 3. The highest BCUT2D eigenvalue weighted by atomic mass is 16.3. The second-order valence-electron chi connectivity index (χ2n) is 8.70. The van der Waals surface area contributed by atoms with Crippen LogP contribution in [0.15, 0.2) is 25.0 Å². The number of nitrogens with one attached hydrogen (secondary N) is 2. The fraction of sp³-hybridized carbons (Fsp3) is 0.545. The Morgan fingerprint density at radius 3 is 2.77 bits per heavy atom. The number of hydrogen-bond donors (Lipinski definition) is 3. The molecule has 31 heavy (non-hydrogen) atoms. The fourth-order valence-electron chi connectivity index (χ4n) is 3.98. The lowest BCUT2D eigenvalue weighted by molar-refractivity contribution is -0.131. The lowest BCUT2D eigenvalue weighted by Gasteiger charge is -2.47. The molecule has 2 aromatic rings. The standard InChI is InChI=1S/C22H32N6O3/c1-6-14(3)16(12-29)25-21(31)15-10-23-20-19(15)26-17(11-24-20)27-8-9-28(18(30)7-2)22(4,5)13-27/h7,10-11,14,16,29H,2,6,8-9,12-13H2,1,3-5H3,(H,23,24)(H,25,31)/t14-,16+/m0/s1. The maximum absolute atomic E-state index is 12.9. The Balaban J connectivity index is 1.84. The average molecular weight is 429 g/mol. The maximum atomic E-state index is 12.9. The summed E-state index contributed by atoms with van der Waals surface area (Å²) in [5.41, 5.74) is 1.00. The first-order valence-corrected chi connectivity index (χ1v) is 10.7. The summed E-state index contributed by atoms with van der Waals surface area (Å²) in [5.74, 6) is 0.424. The Morgan fingerprint density at radius 2 is 2.16 bits per heavy atom. The number of nitrogens with zero attached hydrogens (tertiary/aromatic N) is 4. The largest absolute Gasteiger partial charge is 0.394 e. The zero-order valence-electron chi connectivity index (χ0n) is 18.7. The van der Waals surface area contributed by atoms with Gasteiger partial charge in [0.25, 0.3) is 5.91 Å². The second-order valence-corrected chi connectivity index (χ2v) is 8.70. The van der Waals surface area contributed by atoms with Crippen molar-refractivity contribution in [2.45, 2.75) is 45.7 Å². The second kappa shape index (κ2) is 9.05. The van der Waals surface area contributed by atoms with E-state index in [0.29, 0.717) is 42.2 Å². The first-order chi connectivity index (χ1) is 14.7. The van der Waals surface area contributed by atoms with E-state index < -0.39 is 5.54 Å². The minimum Gasteiger partial charge on any atom is -0.394 e. The van der Waals surface area contributed by atoms with Gasteiger partial charge in [-0.25, -0.2) is 9.97 Å². The molecule has 2 atom stereocenters. The van der Waals surface area contributed by atoms with E-state index in [2.05, 4.69) is 26.8 Å². The molecule has 1 saturated heterocycles. The summed E-state index contributed by atoms with van der Waals surface area (Å²) in [6, 6.07) is -0.324. The van der Waals surface area contributed by atoms with E-state index in [9.17, 15) is 14.7 Å². The number of carbonyl (C=O) groups is 2. The van der Waals surface area contributed by atoms with Crippen LogP contribution in [0.25, 0.3) is 11.2 Å². The van der Waals surface area contributed by atoms with Gasteiger partial charge in [-0.05, 0) is 25.8 Å². The average Bonchev–Trinajstić information content (AvgIpc) is 3.18. The molecule has 168 valence electrons. The number of anilines is 1. The number of piperazine rings is 1. The normalized spacial score (nSPS) is 18.0. The minimum absolute atomic E-state index is 0.0875. The van der Waals surface area contributed by atoms with Gasteiger partial charge >= 0.3 is 0 Å². The van der Waals surface area contributed by atoms with Crippen molar-refractivity contribution in [1.82, 2.24) is 25.2 Å². The van der Waals surface area contributed by atoms with Crippen molar-refractivity contribution >= 4 is 28.8 Å². The number of carbonyl (C=O) groups excluding carboxylic acids is 2. The van der Waals surface area contributed by atoms with Crippen molar-refractivity contribution < 1.29 is 14.7 Å². The Morgan fingerprint density at radius 1 is 1.42 bits per heavy atom. The van der Waals surface area contributed by atoms with Crippen molar-refractivity contribution in [3.8, 4) is 0 Å². The molecular formula is C22H32N6O3. The van der Waals surface area contributed by atoms with Crippen LogP contribution in [0, 0.1) is 5.92 Å². The zero-order chi connectivity index (χ0) is 22.8. The van der Waals surface area contributed by atoms with Gasteiger partial charge in [0.15, 0.2) is 5.65 Å². The van der Waals surface area contributed by atoms with Crippen molar-refractivity contribution in [3.05, 3.63) is 30.6 Å². The Labute approximate surface area is 182 Å². The Kier molecular flexibility index (Phi) is 6.64. The van der Waals surface area contributed by atoms with Crippen LogP contribution in [0.5, 0.6) is 0 Å². The molecule has 0 unspecified atom stereocenters. The highest BCUT2D eigenvalue weighted by Gasteiger charge is 2.36.